The number of nitrogens with one attached hydrogen (secondary N) is 1. The van der Waals surface area contributed by atoms with Gasteiger partial charge in [-0.3, -0.25) is 4.79 Å². The third-order valence-corrected chi connectivity index (χ3v) is 3.77. The predicted molar refractivity (Wildman–Crippen MR) is 95.3 cm³/mol. The van der Waals surface area contributed by atoms with Crippen LogP contribution in [0.3, 0.4) is 0 Å². The second-order valence-electron chi connectivity index (χ2n) is 5.41. The van der Waals surface area contributed by atoms with Crippen LogP contribution >= 0.6 is 0 Å². The average Bonchev–Trinajstić information content (AvgIpc) is 3.16. The highest BCUT2D eigenvalue weighted by Gasteiger charge is 2.18. The second-order valence-corrected chi connectivity index (χ2v) is 5.41. The molecule has 134 valence electrons. The van der Waals surface area contributed by atoms with E-state index in [-0.39, 0.29) is 5.91 Å². The maximum absolute atomic E-state index is 12.5. The monoisotopic (exact) mass is 353 g/mol. The van der Waals surface area contributed by atoms with Gasteiger partial charge in [-0.2, -0.15) is 0 Å². The smallest absolute Gasteiger partial charge is 0.258 e. The first kappa shape index (κ1) is 17.5. The molecule has 0 aliphatic heterocycles. The molecule has 0 spiro atoms. The minimum atomic E-state index is -0.290. The molecule has 7 heteroatoms. The van der Waals surface area contributed by atoms with Crippen LogP contribution in [-0.4, -0.2) is 36.9 Å². The summed E-state index contributed by atoms with van der Waals surface area (Å²) < 4.78 is 16.1. The van der Waals surface area contributed by atoms with E-state index in [9.17, 15) is 4.79 Å². The van der Waals surface area contributed by atoms with Gasteiger partial charge in [0.05, 0.1) is 14.2 Å². The molecule has 0 atom stereocenters. The summed E-state index contributed by atoms with van der Waals surface area (Å²) in [6.45, 7) is 0.344. The number of aromatic nitrogens is 2. The Balaban J connectivity index is 1.62. The lowest BCUT2D eigenvalue weighted by molar-refractivity contribution is 0.0947. The van der Waals surface area contributed by atoms with Crippen LogP contribution in [0.1, 0.15) is 16.2 Å². The molecule has 3 rings (SSSR count). The fourth-order valence-corrected chi connectivity index (χ4v) is 2.50. The molecule has 0 saturated heterocycles. The molecule has 2 aromatic carbocycles. The van der Waals surface area contributed by atoms with Gasteiger partial charge >= 0.3 is 0 Å². The zero-order valence-electron chi connectivity index (χ0n) is 14.6. The summed E-state index contributed by atoms with van der Waals surface area (Å²) in [5.41, 5.74) is 1.21. The topological polar surface area (TPSA) is 86.5 Å². The van der Waals surface area contributed by atoms with E-state index < -0.39 is 0 Å². The first-order valence-corrected chi connectivity index (χ1v) is 8.10. The normalized spacial score (nSPS) is 10.4. The predicted octanol–water partition coefficient (Wildman–Crippen LogP) is 2.73. The van der Waals surface area contributed by atoms with E-state index in [1.165, 1.54) is 14.2 Å². The minimum absolute atomic E-state index is 0.290. The van der Waals surface area contributed by atoms with E-state index >= 15 is 0 Å². The summed E-state index contributed by atoms with van der Waals surface area (Å²) in [6.07, 6.45) is 0.420. The molecule has 1 N–H and O–H groups in total. The number of nitrogens with zero attached hydrogens (tertiary/aromatic N) is 2. The Bertz CT molecular complexity index is 855. The van der Waals surface area contributed by atoms with Crippen molar-refractivity contribution in [2.45, 2.75) is 6.42 Å². The Morgan fingerprint density at radius 2 is 1.69 bits per heavy atom. The van der Waals surface area contributed by atoms with Crippen LogP contribution < -0.4 is 14.8 Å². The number of rotatable bonds is 7. The molecule has 0 aliphatic rings. The number of amides is 1. The van der Waals surface area contributed by atoms with Crippen molar-refractivity contribution in [1.82, 2.24) is 15.5 Å². The molecule has 7 nitrogen and oxygen atoms in total. The number of carbonyl (C=O) groups excluding carboxylic acids is 1. The highest BCUT2D eigenvalue weighted by molar-refractivity contribution is 5.99. The molecule has 0 saturated carbocycles. The van der Waals surface area contributed by atoms with Gasteiger partial charge < -0.3 is 19.2 Å². The van der Waals surface area contributed by atoms with Gasteiger partial charge in [0.2, 0.25) is 11.8 Å². The highest BCUT2D eigenvalue weighted by atomic mass is 16.5. The Morgan fingerprint density at radius 3 is 2.35 bits per heavy atom. The number of benzene rings is 2. The molecule has 26 heavy (non-hydrogen) atoms. The average molecular weight is 353 g/mol. The van der Waals surface area contributed by atoms with Crippen LogP contribution in [0.15, 0.2) is 52.9 Å². The largest absolute Gasteiger partial charge is 0.496 e. The molecule has 0 radical (unpaired) electrons. The van der Waals surface area contributed by atoms with Crippen LogP contribution in [0.5, 0.6) is 11.5 Å². The lowest BCUT2D eigenvalue weighted by Gasteiger charge is -2.12. The van der Waals surface area contributed by atoms with Crippen LogP contribution in [0.25, 0.3) is 11.5 Å². The van der Waals surface area contributed by atoms with Crippen molar-refractivity contribution >= 4 is 5.91 Å². The molecule has 0 bridgehead atoms. The number of hydrogen-bond donors (Lipinski definition) is 1. The molecular weight excluding hydrogens is 334 g/mol. The molecule has 1 heterocycles. The lowest BCUT2D eigenvalue weighted by Crippen LogP contribution is -2.26. The van der Waals surface area contributed by atoms with Crippen molar-refractivity contribution in [1.29, 1.82) is 0 Å². The number of ether oxygens (including phenoxy) is 2. The van der Waals surface area contributed by atoms with Gasteiger partial charge in [0.25, 0.3) is 5.91 Å². The van der Waals surface area contributed by atoms with Gasteiger partial charge in [0.15, 0.2) is 0 Å². The molecule has 3 aromatic rings. The molecule has 0 fully saturated rings. The van der Waals surface area contributed by atoms with Crippen LogP contribution in [0, 0.1) is 0 Å². The van der Waals surface area contributed by atoms with E-state index in [1.807, 2.05) is 30.3 Å². The molecule has 1 aromatic heterocycles. The molecule has 1 amide bonds. The fraction of sp³-hybridized carbons (Fsp3) is 0.211. The SMILES string of the molecule is COc1cccc(OC)c1C(=O)NCCc1nnc(-c2ccccc2)o1. The van der Waals surface area contributed by atoms with Gasteiger partial charge in [-0.1, -0.05) is 24.3 Å². The summed E-state index contributed by atoms with van der Waals surface area (Å²) in [6, 6.07) is 14.7. The summed E-state index contributed by atoms with van der Waals surface area (Å²) in [4.78, 5) is 12.5. The Morgan fingerprint density at radius 1 is 1.00 bits per heavy atom. The fourth-order valence-electron chi connectivity index (χ4n) is 2.50. The third-order valence-electron chi connectivity index (χ3n) is 3.77. The summed E-state index contributed by atoms with van der Waals surface area (Å²) >= 11 is 0. The van der Waals surface area contributed by atoms with Gasteiger partial charge in [-0.25, -0.2) is 0 Å². The summed E-state index contributed by atoms with van der Waals surface area (Å²) in [5.74, 6) is 1.52. The minimum Gasteiger partial charge on any atom is -0.496 e. The van der Waals surface area contributed by atoms with Crippen molar-refractivity contribution in [2.24, 2.45) is 0 Å². The lowest BCUT2D eigenvalue weighted by atomic mass is 10.1. The quantitative estimate of drug-likeness (QED) is 0.703. The van der Waals surface area contributed by atoms with Crippen molar-refractivity contribution in [3.05, 3.63) is 60.0 Å². The van der Waals surface area contributed by atoms with Gasteiger partial charge in [-0.15, -0.1) is 10.2 Å². The van der Waals surface area contributed by atoms with Crippen LogP contribution in [-0.2, 0) is 6.42 Å². The maximum atomic E-state index is 12.5. The van der Waals surface area contributed by atoms with E-state index in [0.29, 0.717) is 41.8 Å². The van der Waals surface area contributed by atoms with Crippen molar-refractivity contribution < 1.29 is 18.7 Å². The zero-order chi connectivity index (χ0) is 18.4. The molecule has 0 aliphatic carbocycles. The molecule has 0 unspecified atom stereocenters. The summed E-state index contributed by atoms with van der Waals surface area (Å²) in [5, 5.41) is 10.9. The van der Waals surface area contributed by atoms with Gasteiger partial charge in [-0.05, 0) is 24.3 Å². The first-order chi connectivity index (χ1) is 12.7. The van der Waals surface area contributed by atoms with Crippen LogP contribution in [0.2, 0.25) is 0 Å². The standard InChI is InChI=1S/C19H19N3O4/c1-24-14-9-6-10-15(25-2)17(14)18(23)20-12-11-16-21-22-19(26-16)13-7-4-3-5-8-13/h3-10H,11-12H2,1-2H3,(H,20,23). The molecular formula is C19H19N3O4. The Kier molecular flexibility index (Phi) is 5.48. The van der Waals surface area contributed by atoms with E-state index in [4.69, 9.17) is 13.9 Å². The number of carbonyl (C=O) groups is 1. The van der Waals surface area contributed by atoms with Crippen LogP contribution in [0.4, 0.5) is 0 Å². The zero-order valence-corrected chi connectivity index (χ0v) is 14.6. The van der Waals surface area contributed by atoms with Crippen molar-refractivity contribution in [3.63, 3.8) is 0 Å². The van der Waals surface area contributed by atoms with E-state index in [2.05, 4.69) is 15.5 Å². The number of hydrogen-bond acceptors (Lipinski definition) is 6. The Labute approximate surface area is 151 Å². The van der Waals surface area contributed by atoms with E-state index in [0.717, 1.165) is 5.56 Å². The summed E-state index contributed by atoms with van der Waals surface area (Å²) in [7, 11) is 3.02. The van der Waals surface area contributed by atoms with E-state index in [1.54, 1.807) is 18.2 Å². The third kappa shape index (κ3) is 3.83. The maximum Gasteiger partial charge on any atom is 0.258 e. The first-order valence-electron chi connectivity index (χ1n) is 8.10. The highest BCUT2D eigenvalue weighted by Crippen LogP contribution is 2.27. The Hall–Kier alpha value is -3.35. The van der Waals surface area contributed by atoms with Gasteiger partial charge in [0.1, 0.15) is 17.1 Å². The van der Waals surface area contributed by atoms with Crippen molar-refractivity contribution in [3.8, 4) is 23.0 Å². The number of methoxy groups -OCH3 is 2. The van der Waals surface area contributed by atoms with Crippen molar-refractivity contribution in [2.75, 3.05) is 20.8 Å². The second kappa shape index (κ2) is 8.15. The van der Waals surface area contributed by atoms with Gasteiger partial charge in [0, 0.05) is 18.5 Å².